The van der Waals surface area contributed by atoms with Crippen molar-refractivity contribution in [3.05, 3.63) is 84.1 Å². The highest BCUT2D eigenvalue weighted by molar-refractivity contribution is 5.90. The van der Waals surface area contributed by atoms with Crippen molar-refractivity contribution in [1.29, 1.82) is 0 Å². The van der Waals surface area contributed by atoms with E-state index in [1.165, 1.54) is 6.26 Å². The highest BCUT2D eigenvalue weighted by Gasteiger charge is 2.42. The molecule has 2 atom stereocenters. The van der Waals surface area contributed by atoms with E-state index >= 15 is 0 Å². The molecule has 4 rings (SSSR count). The Labute approximate surface area is 198 Å². The number of likely N-dealkylation sites (tertiary alicyclic amines) is 1. The normalized spacial score (nSPS) is 20.5. The first-order valence-corrected chi connectivity index (χ1v) is 11.4. The molecular formula is C26H30N3O5+. The molecule has 0 spiro atoms. The average Bonchev–Trinajstić information content (AvgIpc) is 3.35. The number of benzene rings is 2. The van der Waals surface area contributed by atoms with E-state index in [9.17, 15) is 14.7 Å². The number of rotatable bonds is 8. The molecule has 1 amide bonds. The van der Waals surface area contributed by atoms with Crippen LogP contribution >= 0.6 is 0 Å². The highest BCUT2D eigenvalue weighted by atomic mass is 16.5. The first-order chi connectivity index (χ1) is 16.4. The summed E-state index contributed by atoms with van der Waals surface area (Å²) in [4.78, 5) is 25.7. The Morgan fingerprint density at radius 3 is 2.35 bits per heavy atom. The molecule has 1 saturated heterocycles. The van der Waals surface area contributed by atoms with Gasteiger partial charge in [-0.05, 0) is 24.0 Å². The number of amides is 1. The van der Waals surface area contributed by atoms with Gasteiger partial charge < -0.3 is 24.2 Å². The summed E-state index contributed by atoms with van der Waals surface area (Å²) in [5.41, 5.74) is -0.979. The number of esters is 1. The lowest BCUT2D eigenvalue weighted by Gasteiger charge is -2.40. The number of quaternary nitrogens is 1. The Balaban J connectivity index is 1.41. The van der Waals surface area contributed by atoms with Crippen molar-refractivity contribution in [3.63, 3.8) is 0 Å². The fourth-order valence-electron chi connectivity index (χ4n) is 4.71. The predicted molar refractivity (Wildman–Crippen MR) is 125 cm³/mol. The van der Waals surface area contributed by atoms with Crippen LogP contribution < -0.4 is 5.32 Å². The first-order valence-electron chi connectivity index (χ1n) is 11.4. The molecule has 8 nitrogen and oxygen atoms in total. The smallest absolute Gasteiger partial charge is 0.347 e. The number of piperidine rings is 1. The van der Waals surface area contributed by atoms with Crippen LogP contribution in [0.25, 0.3) is 0 Å². The summed E-state index contributed by atoms with van der Waals surface area (Å²) in [7, 11) is 2.03. The first kappa shape index (κ1) is 23.7. The highest BCUT2D eigenvalue weighted by Crippen LogP contribution is 2.32. The second-order valence-corrected chi connectivity index (χ2v) is 9.17. The van der Waals surface area contributed by atoms with E-state index in [0.29, 0.717) is 28.0 Å². The van der Waals surface area contributed by atoms with Gasteiger partial charge in [-0.25, -0.2) is 4.79 Å². The molecule has 0 bridgehead atoms. The monoisotopic (exact) mass is 464 g/mol. The van der Waals surface area contributed by atoms with Gasteiger partial charge in [0.25, 0.3) is 5.91 Å². The van der Waals surface area contributed by atoms with E-state index in [1.807, 2.05) is 19.2 Å². The summed E-state index contributed by atoms with van der Waals surface area (Å²) in [6.45, 7) is 2.01. The van der Waals surface area contributed by atoms with Gasteiger partial charge in [-0.15, -0.1) is 0 Å². The van der Waals surface area contributed by atoms with Crippen molar-refractivity contribution in [2.75, 3.05) is 38.6 Å². The number of nitrogens with zero attached hydrogens (tertiary/aromatic N) is 2. The molecule has 2 heterocycles. The Kier molecular flexibility index (Phi) is 7.09. The number of hydrogen-bond acceptors (Lipinski definition) is 6. The summed E-state index contributed by atoms with van der Waals surface area (Å²) >= 11 is 0. The summed E-state index contributed by atoms with van der Waals surface area (Å²) < 4.78 is 11.0. The summed E-state index contributed by atoms with van der Waals surface area (Å²) in [6, 6.07) is 19.3. The summed E-state index contributed by atoms with van der Waals surface area (Å²) in [5, 5.41) is 18.0. The number of carbonyl (C=O) groups is 2. The molecule has 0 aliphatic carbocycles. The van der Waals surface area contributed by atoms with Crippen molar-refractivity contribution in [2.45, 2.75) is 18.4 Å². The van der Waals surface area contributed by atoms with Crippen molar-refractivity contribution >= 4 is 17.7 Å². The van der Waals surface area contributed by atoms with Crippen LogP contribution in [0.2, 0.25) is 0 Å². The van der Waals surface area contributed by atoms with Gasteiger partial charge in [0.05, 0.1) is 26.7 Å². The molecule has 1 fully saturated rings. The Bertz CT molecular complexity index is 1050. The lowest BCUT2D eigenvalue weighted by atomic mass is 9.86. The minimum atomic E-state index is -1.90. The Morgan fingerprint density at radius 2 is 1.76 bits per heavy atom. The third kappa shape index (κ3) is 5.35. The number of ether oxygens (including phenoxy) is 1. The SMILES string of the molecule is C[N@@+]1(CC(=O)Nc2ccon2)CCCC(COC(=O)C(O)(c2ccccc2)c2ccccc2)C1. The average molecular weight is 465 g/mol. The van der Waals surface area contributed by atoms with Crippen molar-refractivity contribution in [3.8, 4) is 0 Å². The number of hydrogen-bond donors (Lipinski definition) is 2. The molecule has 1 aliphatic heterocycles. The molecule has 2 aromatic carbocycles. The van der Waals surface area contributed by atoms with Crippen molar-refractivity contribution in [1.82, 2.24) is 5.16 Å². The molecule has 1 aromatic heterocycles. The van der Waals surface area contributed by atoms with Gasteiger partial charge in [0, 0.05) is 12.0 Å². The van der Waals surface area contributed by atoms with Gasteiger partial charge in [0.1, 0.15) is 6.26 Å². The van der Waals surface area contributed by atoms with Crippen molar-refractivity contribution < 1.29 is 28.4 Å². The van der Waals surface area contributed by atoms with E-state index in [4.69, 9.17) is 9.26 Å². The fraction of sp³-hybridized carbons (Fsp3) is 0.346. The largest absolute Gasteiger partial charge is 0.462 e. The fourth-order valence-corrected chi connectivity index (χ4v) is 4.71. The predicted octanol–water partition coefficient (Wildman–Crippen LogP) is 2.95. The minimum absolute atomic E-state index is 0.0818. The molecule has 2 N–H and O–H groups in total. The number of aromatic nitrogens is 1. The van der Waals surface area contributed by atoms with Crippen LogP contribution in [0.3, 0.4) is 0 Å². The number of aliphatic hydroxyl groups is 1. The molecular weight excluding hydrogens is 434 g/mol. The van der Waals surface area contributed by atoms with Crippen LogP contribution in [-0.4, -0.2) is 59.9 Å². The minimum Gasteiger partial charge on any atom is -0.462 e. The van der Waals surface area contributed by atoms with E-state index in [-0.39, 0.29) is 25.0 Å². The van der Waals surface area contributed by atoms with Gasteiger partial charge in [0.2, 0.25) is 5.60 Å². The maximum atomic E-state index is 13.3. The Morgan fingerprint density at radius 1 is 1.12 bits per heavy atom. The number of likely N-dealkylation sites (N-methyl/N-ethyl adjacent to an activating group) is 1. The number of nitrogens with one attached hydrogen (secondary N) is 1. The number of anilines is 1. The van der Waals surface area contributed by atoms with Crippen LogP contribution in [0.5, 0.6) is 0 Å². The zero-order chi connectivity index (χ0) is 24.0. The van der Waals surface area contributed by atoms with Gasteiger partial charge in [0.15, 0.2) is 12.4 Å². The second kappa shape index (κ2) is 10.2. The third-order valence-electron chi connectivity index (χ3n) is 6.37. The molecule has 3 aromatic rings. The quantitative estimate of drug-likeness (QED) is 0.393. The Hall–Kier alpha value is -3.49. The second-order valence-electron chi connectivity index (χ2n) is 9.17. The van der Waals surface area contributed by atoms with Gasteiger partial charge in [-0.1, -0.05) is 65.8 Å². The molecule has 8 heteroatoms. The molecule has 1 unspecified atom stereocenters. The van der Waals surface area contributed by atoms with Crippen LogP contribution in [0, 0.1) is 5.92 Å². The lowest BCUT2D eigenvalue weighted by molar-refractivity contribution is -0.910. The molecule has 0 saturated carbocycles. The van der Waals surface area contributed by atoms with Gasteiger partial charge in [-0.3, -0.25) is 4.79 Å². The van der Waals surface area contributed by atoms with Crippen LogP contribution in [-0.2, 0) is 19.9 Å². The van der Waals surface area contributed by atoms with E-state index in [0.717, 1.165) is 19.4 Å². The summed E-state index contributed by atoms with van der Waals surface area (Å²) in [6.07, 6.45) is 3.21. The van der Waals surface area contributed by atoms with Crippen molar-refractivity contribution in [2.24, 2.45) is 5.92 Å². The van der Waals surface area contributed by atoms with E-state index in [2.05, 4.69) is 10.5 Å². The van der Waals surface area contributed by atoms with Crippen LogP contribution in [0.4, 0.5) is 5.82 Å². The van der Waals surface area contributed by atoms with Gasteiger partial charge >= 0.3 is 5.97 Å². The standard InChI is InChI=1S/C26H29N3O5/c1-29(18-24(30)27-23-14-16-34-28-23)15-8-9-20(17-29)19-33-25(31)26(32,21-10-4-2-5-11-21)22-12-6-3-7-13-22/h2-7,10-14,16,20,32H,8-9,15,17-19H2,1H3/p+1/t20?,29-/m1/s1. The van der Waals surface area contributed by atoms with E-state index < -0.39 is 11.6 Å². The zero-order valence-electron chi connectivity index (χ0n) is 19.2. The van der Waals surface area contributed by atoms with E-state index in [1.54, 1.807) is 54.6 Å². The molecule has 178 valence electrons. The third-order valence-corrected chi connectivity index (χ3v) is 6.37. The molecule has 1 aliphatic rings. The lowest BCUT2D eigenvalue weighted by Crippen LogP contribution is -2.55. The number of carbonyl (C=O) groups excluding carboxylic acids is 2. The maximum Gasteiger partial charge on any atom is 0.347 e. The molecule has 34 heavy (non-hydrogen) atoms. The van der Waals surface area contributed by atoms with Crippen LogP contribution in [0.1, 0.15) is 24.0 Å². The summed E-state index contributed by atoms with van der Waals surface area (Å²) in [5.74, 6) is -0.372. The maximum absolute atomic E-state index is 13.3. The topological polar surface area (TPSA) is 102 Å². The van der Waals surface area contributed by atoms with Gasteiger partial charge in [-0.2, -0.15) is 0 Å². The molecule has 0 radical (unpaired) electrons. The zero-order valence-corrected chi connectivity index (χ0v) is 19.2. The van der Waals surface area contributed by atoms with Crippen LogP contribution in [0.15, 0.2) is 77.5 Å².